The van der Waals surface area contributed by atoms with E-state index in [9.17, 15) is 26.3 Å². The quantitative estimate of drug-likeness (QED) is 0.241. The minimum Gasteiger partial charge on any atom is -0.171 e. The van der Waals surface area contributed by atoms with Crippen molar-refractivity contribution in [2.45, 2.75) is 569 Å². The van der Waals surface area contributed by atoms with E-state index in [1.807, 2.05) is 0 Å². The van der Waals surface area contributed by atoms with Crippen LogP contribution in [0.3, 0.4) is 0 Å². The van der Waals surface area contributed by atoms with Crippen LogP contribution in [0.5, 0.6) is 0 Å². The molecule has 0 aromatic carbocycles. The molecule has 6 heteroatoms. The van der Waals surface area contributed by atoms with Crippen molar-refractivity contribution in [3.05, 3.63) is 0 Å². The van der Waals surface area contributed by atoms with Crippen LogP contribution in [0.4, 0.5) is 26.3 Å². The van der Waals surface area contributed by atoms with E-state index < -0.39 is 25.2 Å². The fraction of sp³-hybridized carbons (Fsp3) is 1.00. The molecule has 0 aliphatic heterocycles. The van der Waals surface area contributed by atoms with Gasteiger partial charge in [0, 0.05) is 12.8 Å². The van der Waals surface area contributed by atoms with Gasteiger partial charge >= 0.3 is 12.4 Å². The molecule has 0 N–H and O–H groups in total. The van der Waals surface area contributed by atoms with Crippen LogP contribution < -0.4 is 0 Å². The van der Waals surface area contributed by atoms with Gasteiger partial charge in [-0.2, -0.15) is 26.3 Å². The van der Waals surface area contributed by atoms with Crippen LogP contribution in [-0.4, -0.2) is 12.4 Å². The van der Waals surface area contributed by atoms with Crippen molar-refractivity contribution in [2.75, 3.05) is 0 Å². The molecular weight excluding hydrogens is 1450 g/mol. The molecule has 12 aliphatic rings. The molecule has 0 bridgehead atoms. The highest BCUT2D eigenvalue weighted by molar-refractivity contribution is 5.01. The Kier molecular flexibility index (Phi) is 42.6. The predicted octanol–water partition coefficient (Wildman–Crippen LogP) is 40.3. The second-order valence-corrected chi connectivity index (χ2v) is 55.0. The fourth-order valence-electron chi connectivity index (χ4n) is 29.2. The van der Waals surface area contributed by atoms with E-state index in [1.54, 1.807) is 79.1 Å². The van der Waals surface area contributed by atoms with Crippen LogP contribution in [0.15, 0.2) is 0 Å². The zero-order chi connectivity index (χ0) is 89.8. The summed E-state index contributed by atoms with van der Waals surface area (Å²) in [6.07, 6.45) is 58.7. The van der Waals surface area contributed by atoms with Gasteiger partial charge in [0.05, 0.1) is 0 Å². The largest absolute Gasteiger partial charge is 0.389 e. The van der Waals surface area contributed by atoms with Crippen molar-refractivity contribution < 1.29 is 26.3 Å². The SMILES string of the molecule is CC1(C)CC(C)(C)CC(C)(C)C1.CC1C(C)(C)CCCC1(C)C.CC1CC(C)(C)CC(C)(C)C1.CC1CCC2(CC1)CC(C)(C)CC(C)(C)C2.CC1CCC2(CC1)CCC(C)(C)CC2.CC1CCC2(CCCC2)CC1.CC1CCC2(CCCCC2)CC1.CCC(C)CC(F)(F)F.CCC(C)CC(F)(F)F.CCC1CC(C)(C)CC(C)(C)C1. The van der Waals surface area contributed by atoms with Gasteiger partial charge in [-0.1, -0.05) is 351 Å². The average molecular weight is 1660 g/mol. The molecule has 0 nitrogen and oxygen atoms in total. The normalized spacial score (nSPS) is 28.7. The van der Waals surface area contributed by atoms with Gasteiger partial charge in [0.2, 0.25) is 0 Å². The van der Waals surface area contributed by atoms with Crippen molar-refractivity contribution in [3.63, 3.8) is 0 Å². The van der Waals surface area contributed by atoms with Gasteiger partial charge in [0.15, 0.2) is 0 Å². The van der Waals surface area contributed by atoms with Crippen LogP contribution in [-0.2, 0) is 0 Å². The standard InChI is InChI=1S/C16H30.C14H26.C12H22.2C12H24.C11H20.2C11H22.2C6H11F3/c1-13-6-8-16(9-7-13)11-14(2,3)10-15(4,5)12-16;1-12-4-6-14(7-5-12)10-8-13(2,3)9-11-14;1-11-5-9-12(10-6-11)7-3-2-4-8-12;1-10(2)7-11(3,4)9-12(5,6)8-10;1-6-10-7-11(2,3)9-12(4,5)8-10;1-10-4-8-11(9-5-10)6-2-3-7-11;1-9-6-10(2,3)8-11(4,5)7-9;1-9-10(2,3)7-6-8-11(9,4)5;2*1-3-5(2)4-6(7,8)9/h13H,6-12H2,1-5H3;12H,4-11H2,1-3H3;11H,2-10H2,1H3;7-9H2,1-6H3;10H,6-9H2,1-5H3;10H,2-9H2,1H3;2*9H,6-8H2,1-5H3;2*5H,3-4H2,1-2H3. The summed E-state index contributed by atoms with van der Waals surface area (Å²) in [5, 5.41) is 0. The lowest BCUT2D eigenvalue weighted by atomic mass is 9.51. The van der Waals surface area contributed by atoms with E-state index in [1.165, 1.54) is 238 Å². The number of hydrogen-bond acceptors (Lipinski definition) is 0. The molecule has 12 saturated carbocycles. The minimum atomic E-state index is -3.98. The Morgan fingerprint density at radius 3 is 0.726 bits per heavy atom. The minimum absolute atomic E-state index is 0.231. The van der Waals surface area contributed by atoms with Crippen LogP contribution in [0.25, 0.3) is 0 Å². The van der Waals surface area contributed by atoms with E-state index in [4.69, 9.17) is 0 Å². The number of halogens is 6. The molecule has 117 heavy (non-hydrogen) atoms. The smallest absolute Gasteiger partial charge is 0.171 e. The van der Waals surface area contributed by atoms with Gasteiger partial charge in [-0.15, -0.1) is 0 Å². The molecule has 0 amide bonds. The van der Waals surface area contributed by atoms with Crippen LogP contribution in [0.2, 0.25) is 0 Å². The zero-order valence-electron chi connectivity index (χ0n) is 86.1. The van der Waals surface area contributed by atoms with Gasteiger partial charge in [0.1, 0.15) is 0 Å². The first-order valence-electron chi connectivity index (χ1n) is 51.0. The maximum Gasteiger partial charge on any atom is 0.389 e. The molecule has 2 atom stereocenters. The Labute approximate surface area is 731 Å². The van der Waals surface area contributed by atoms with Gasteiger partial charge < -0.3 is 0 Å². The molecule has 12 fully saturated rings. The summed E-state index contributed by atoms with van der Waals surface area (Å²) in [6, 6.07) is 0. The lowest BCUT2D eigenvalue weighted by Crippen LogP contribution is -2.43. The third-order valence-corrected chi connectivity index (χ3v) is 33.6. The molecule has 12 rings (SSSR count). The van der Waals surface area contributed by atoms with Crippen molar-refractivity contribution in [3.8, 4) is 0 Å². The molecule has 0 aromatic heterocycles. The first kappa shape index (κ1) is 111. The highest BCUT2D eigenvalue weighted by Crippen LogP contribution is 2.61. The summed E-state index contributed by atoms with van der Waals surface area (Å²) in [4.78, 5) is 0. The lowest BCUT2D eigenvalue weighted by Gasteiger charge is -2.54. The van der Waals surface area contributed by atoms with E-state index in [2.05, 4.69) is 215 Å². The van der Waals surface area contributed by atoms with Gasteiger partial charge in [-0.25, -0.2) is 0 Å². The van der Waals surface area contributed by atoms with Crippen molar-refractivity contribution in [1.82, 2.24) is 0 Å². The molecule has 2 unspecified atom stereocenters. The molecule has 698 valence electrons. The van der Waals surface area contributed by atoms with E-state index in [0.29, 0.717) is 83.2 Å². The van der Waals surface area contributed by atoms with Gasteiger partial charge in [-0.3, -0.25) is 0 Å². The molecule has 4 spiro atoms. The molecule has 0 saturated heterocycles. The number of alkyl halides is 6. The summed E-state index contributed by atoms with van der Waals surface area (Å²) < 4.78 is 69.0. The Morgan fingerprint density at radius 2 is 0.487 bits per heavy atom. The fourth-order valence-corrected chi connectivity index (χ4v) is 29.2. The third-order valence-electron chi connectivity index (χ3n) is 33.6. The van der Waals surface area contributed by atoms with E-state index in [-0.39, 0.29) is 11.8 Å². The second kappa shape index (κ2) is 45.0. The topological polar surface area (TPSA) is 0 Å². The highest BCUT2D eigenvalue weighted by Gasteiger charge is 2.50. The summed E-state index contributed by atoms with van der Waals surface area (Å²) in [6.45, 7) is 81.9. The van der Waals surface area contributed by atoms with Crippen LogP contribution in [0, 0.1) is 140 Å². The van der Waals surface area contributed by atoms with Crippen molar-refractivity contribution in [2.24, 2.45) is 140 Å². The predicted molar refractivity (Wildman–Crippen MR) is 507 cm³/mol. The molecule has 0 aromatic rings. The van der Waals surface area contributed by atoms with Crippen molar-refractivity contribution in [1.29, 1.82) is 0 Å². The van der Waals surface area contributed by atoms with E-state index in [0.717, 1.165) is 57.7 Å². The molecule has 12 aliphatic carbocycles. The maximum atomic E-state index is 11.5. The Balaban J connectivity index is 0.000000338. The summed E-state index contributed by atoms with van der Waals surface area (Å²) >= 11 is 0. The maximum absolute atomic E-state index is 11.5. The summed E-state index contributed by atoms with van der Waals surface area (Å²) in [5.74, 6) is 6.35. The van der Waals surface area contributed by atoms with Gasteiger partial charge in [0.25, 0.3) is 0 Å². The number of rotatable bonds is 5. The third kappa shape index (κ3) is 43.8. The number of hydrogen-bond donors (Lipinski definition) is 0. The Hall–Kier alpha value is -0.420. The summed E-state index contributed by atoms with van der Waals surface area (Å²) in [5.41, 5.74) is 10.1. The lowest BCUT2D eigenvalue weighted by molar-refractivity contribution is -0.144. The molecular formula is C111H212F6. The Bertz CT molecular complexity index is 2530. The molecule has 0 radical (unpaired) electrons. The molecule has 0 heterocycles. The average Bonchev–Trinajstić information content (AvgIpc) is 1.70. The monoisotopic (exact) mass is 1660 g/mol. The van der Waals surface area contributed by atoms with Crippen LogP contribution in [0.1, 0.15) is 557 Å². The van der Waals surface area contributed by atoms with Gasteiger partial charge in [-0.05, 0) is 333 Å². The van der Waals surface area contributed by atoms with Crippen molar-refractivity contribution >= 4 is 0 Å². The highest BCUT2D eigenvalue weighted by atomic mass is 19.4. The summed E-state index contributed by atoms with van der Waals surface area (Å²) in [7, 11) is 0. The second-order valence-electron chi connectivity index (χ2n) is 55.0. The Morgan fingerprint density at radius 1 is 0.248 bits per heavy atom. The first-order valence-corrected chi connectivity index (χ1v) is 51.0. The van der Waals surface area contributed by atoms with E-state index >= 15 is 0 Å². The van der Waals surface area contributed by atoms with Crippen LogP contribution >= 0.6 is 0 Å². The zero-order valence-corrected chi connectivity index (χ0v) is 86.1. The first-order chi connectivity index (χ1) is 52.9.